The molecule has 3 nitrogen and oxygen atoms in total. The van der Waals surface area contributed by atoms with Gasteiger partial charge >= 0.3 is 0 Å². The Morgan fingerprint density at radius 1 is 0.333 bits per heavy atom. The number of para-hydroxylation sites is 2. The molecule has 0 saturated heterocycles. The molecule has 0 saturated carbocycles. The average molecular weight is 1090 g/mol. The van der Waals surface area contributed by atoms with Gasteiger partial charge in [0, 0.05) is 49.3 Å². The Morgan fingerprint density at radius 2 is 0.833 bits per heavy atom. The Labute approximate surface area is 488 Å². The van der Waals surface area contributed by atoms with E-state index in [0.29, 0.717) is 0 Å². The number of nitrogens with zero attached hydrogens (tertiary/aromatic N) is 2. The molecule has 390 valence electrons. The summed E-state index contributed by atoms with van der Waals surface area (Å²) in [6.07, 6.45) is 0. The quantitative estimate of drug-likeness (QED) is 0.122. The largest absolute Gasteiger partial charge is 0.311 e. The Hall–Kier alpha value is -10.2. The third-order valence-corrected chi connectivity index (χ3v) is 22.0. The molecule has 0 radical (unpaired) electrons. The topological polar surface area (TPSA) is 25.2 Å². The van der Waals surface area contributed by atoms with Gasteiger partial charge in [-0.05, 0) is 132 Å². The van der Waals surface area contributed by atoms with Crippen molar-refractivity contribution in [3.63, 3.8) is 0 Å². The van der Waals surface area contributed by atoms with Gasteiger partial charge in [0.25, 0.3) is 0 Å². The fourth-order valence-corrected chi connectivity index (χ4v) is 18.6. The van der Waals surface area contributed by atoms with Crippen LogP contribution in [0.25, 0.3) is 83.1 Å². The monoisotopic (exact) mass is 1080 g/mol. The van der Waals surface area contributed by atoms with Crippen LogP contribution in [0.2, 0.25) is 0 Å². The van der Waals surface area contributed by atoms with E-state index in [9.17, 15) is 0 Å². The maximum atomic E-state index is 18.4. The third-order valence-electron chi connectivity index (χ3n) is 18.9. The molecular weight excluding hydrogens is 1030 g/mol. The molecule has 1 aromatic heterocycles. The molecule has 5 heteroatoms. The summed E-state index contributed by atoms with van der Waals surface area (Å²) in [5.41, 5.74) is 25.8. The van der Waals surface area contributed by atoms with Crippen LogP contribution in [0.4, 0.5) is 17.1 Å². The van der Waals surface area contributed by atoms with E-state index in [4.69, 9.17) is 0 Å². The predicted molar refractivity (Wildman–Crippen MR) is 352 cm³/mol. The van der Waals surface area contributed by atoms with Gasteiger partial charge in [0.15, 0.2) is 7.14 Å². The highest BCUT2D eigenvalue weighted by Crippen LogP contribution is 2.65. The summed E-state index contributed by atoms with van der Waals surface area (Å²) in [5, 5.41) is 4.90. The Morgan fingerprint density at radius 3 is 1.45 bits per heavy atom. The number of fused-ring (bicyclic) bond motifs is 17. The molecule has 14 aromatic rings. The van der Waals surface area contributed by atoms with Gasteiger partial charge in [0.1, 0.15) is 0 Å². The zero-order valence-corrected chi connectivity index (χ0v) is 46.6. The minimum Gasteiger partial charge on any atom is -0.311 e. The number of hydrogen-bond acceptors (Lipinski definition) is 2. The minimum atomic E-state index is -3.82. The van der Waals surface area contributed by atoms with Crippen LogP contribution < -0.4 is 37.2 Å². The maximum Gasteiger partial charge on any atom is 0.248 e. The summed E-state index contributed by atoms with van der Waals surface area (Å²) in [5.74, 6) is 0. The van der Waals surface area contributed by atoms with Crippen LogP contribution in [-0.2, 0) is 9.98 Å². The molecule has 1 spiro atoms. The standard InChI is InChI=1S/C79H50BN2OP/c83-84(58-43-39-54(40-44-58)51-21-4-1-5-22-51)75-50-57(81-70-36-18-13-30-62(70)63-31-14-19-37-71(63)81)42-45-68(75)80-69-47-55(52-23-6-2-7-24-52)41-46-72(69)82(74-48-56(49-76(84)78(74)80)53-25-8-3-9-26-53)73-38-20-32-64-61-29-12-17-35-67(61)79(77(64)73)65-33-15-10-27-59(65)60-28-11-16-34-66(60)79/h1-50H. The van der Waals surface area contributed by atoms with Gasteiger partial charge in [-0.1, -0.05) is 260 Å². The zero-order chi connectivity index (χ0) is 55.3. The van der Waals surface area contributed by atoms with Crippen molar-refractivity contribution >= 4 is 85.0 Å². The molecule has 0 N–H and O–H groups in total. The second-order valence-electron chi connectivity index (χ2n) is 22.9. The molecule has 2 aliphatic carbocycles. The summed E-state index contributed by atoms with van der Waals surface area (Å²) < 4.78 is 20.8. The van der Waals surface area contributed by atoms with E-state index in [1.54, 1.807) is 0 Å². The normalized spacial score (nSPS) is 15.3. The van der Waals surface area contributed by atoms with Crippen molar-refractivity contribution in [2.45, 2.75) is 5.41 Å². The molecule has 4 aliphatic rings. The Kier molecular flexibility index (Phi) is 10.1. The Bertz CT molecular complexity index is 5010. The lowest BCUT2D eigenvalue weighted by molar-refractivity contribution is 0.592. The van der Waals surface area contributed by atoms with Crippen molar-refractivity contribution < 1.29 is 4.57 Å². The fourth-order valence-electron chi connectivity index (χ4n) is 15.4. The van der Waals surface area contributed by atoms with Crippen molar-refractivity contribution in [2.75, 3.05) is 4.90 Å². The maximum absolute atomic E-state index is 18.4. The first-order valence-corrected chi connectivity index (χ1v) is 30.8. The number of rotatable bonds is 6. The molecule has 2 aliphatic heterocycles. The lowest BCUT2D eigenvalue weighted by Gasteiger charge is -2.44. The smallest absolute Gasteiger partial charge is 0.248 e. The van der Waals surface area contributed by atoms with Gasteiger partial charge in [0.05, 0.1) is 22.1 Å². The second kappa shape index (κ2) is 17.9. The molecule has 0 bridgehead atoms. The predicted octanol–water partition coefficient (Wildman–Crippen LogP) is 16.4. The summed E-state index contributed by atoms with van der Waals surface area (Å²) in [4.78, 5) is 2.59. The number of aromatic nitrogens is 1. The van der Waals surface area contributed by atoms with Gasteiger partial charge in [-0.2, -0.15) is 0 Å². The SMILES string of the molecule is O=P1(c2ccc(-c3ccccc3)cc2)c2cc(-n3c4ccccc4c4ccccc43)ccc2B2c3cc(-c4ccccc4)ccc3N(c3cccc4c3C3(c5ccccc5-c5ccccc53)c3ccccc3-4)c3cc(-c4ccccc4)cc1c32. The van der Waals surface area contributed by atoms with E-state index in [-0.39, 0.29) is 6.71 Å². The van der Waals surface area contributed by atoms with E-state index in [2.05, 4.69) is 313 Å². The molecule has 18 rings (SSSR count). The van der Waals surface area contributed by atoms with Crippen LogP contribution in [0.3, 0.4) is 0 Å². The highest BCUT2D eigenvalue weighted by Gasteiger charge is 2.55. The molecule has 1 unspecified atom stereocenters. The van der Waals surface area contributed by atoms with Gasteiger partial charge in [-0.25, -0.2) is 0 Å². The van der Waals surface area contributed by atoms with Crippen LogP contribution >= 0.6 is 7.14 Å². The average Bonchev–Trinajstić information content (AvgIpc) is 1.32. The van der Waals surface area contributed by atoms with Crippen LogP contribution in [0.5, 0.6) is 0 Å². The highest BCUT2D eigenvalue weighted by atomic mass is 31.2. The zero-order valence-electron chi connectivity index (χ0n) is 45.7. The minimum absolute atomic E-state index is 0.293. The van der Waals surface area contributed by atoms with E-state index in [0.717, 1.165) is 94.0 Å². The number of anilines is 3. The van der Waals surface area contributed by atoms with Crippen LogP contribution in [0, 0.1) is 0 Å². The van der Waals surface area contributed by atoms with E-state index < -0.39 is 12.6 Å². The van der Waals surface area contributed by atoms with Crippen LogP contribution in [0.1, 0.15) is 22.3 Å². The molecule has 0 fully saturated rings. The summed E-state index contributed by atoms with van der Waals surface area (Å²) >= 11 is 0. The summed E-state index contributed by atoms with van der Waals surface area (Å²) in [7, 11) is -3.82. The fraction of sp³-hybridized carbons (Fsp3) is 0.0127. The van der Waals surface area contributed by atoms with Gasteiger partial charge in [0.2, 0.25) is 6.71 Å². The van der Waals surface area contributed by atoms with Gasteiger partial charge in [-0.3, -0.25) is 0 Å². The lowest BCUT2D eigenvalue weighted by atomic mass is 9.34. The summed E-state index contributed by atoms with van der Waals surface area (Å²) in [6.45, 7) is -0.293. The molecule has 1 atom stereocenters. The van der Waals surface area contributed by atoms with Crippen molar-refractivity contribution in [3.05, 3.63) is 326 Å². The van der Waals surface area contributed by atoms with E-state index in [1.807, 2.05) is 0 Å². The highest BCUT2D eigenvalue weighted by molar-refractivity contribution is 7.86. The molecule has 13 aromatic carbocycles. The van der Waals surface area contributed by atoms with Crippen molar-refractivity contribution in [1.82, 2.24) is 4.57 Å². The van der Waals surface area contributed by atoms with Crippen molar-refractivity contribution in [1.29, 1.82) is 0 Å². The Balaban J connectivity index is 0.981. The first-order valence-electron chi connectivity index (χ1n) is 29.1. The molecule has 3 heterocycles. The van der Waals surface area contributed by atoms with Gasteiger partial charge in [-0.15, -0.1) is 0 Å². The van der Waals surface area contributed by atoms with Gasteiger partial charge < -0.3 is 14.0 Å². The van der Waals surface area contributed by atoms with Crippen LogP contribution in [0.15, 0.2) is 303 Å². The number of hydrogen-bond donors (Lipinski definition) is 0. The molecule has 0 amide bonds. The van der Waals surface area contributed by atoms with Crippen molar-refractivity contribution in [2.24, 2.45) is 0 Å². The number of benzene rings is 13. The summed E-state index contributed by atoms with van der Waals surface area (Å²) in [6, 6.07) is 111. The molecular formula is C79H50BN2OP. The van der Waals surface area contributed by atoms with E-state index >= 15 is 4.57 Å². The lowest BCUT2D eigenvalue weighted by Crippen LogP contribution is -2.68. The third kappa shape index (κ3) is 6.41. The second-order valence-corrected chi connectivity index (χ2v) is 25.6. The van der Waals surface area contributed by atoms with Crippen LogP contribution in [-0.4, -0.2) is 11.3 Å². The first kappa shape index (κ1) is 47.4. The van der Waals surface area contributed by atoms with Crippen molar-refractivity contribution in [3.8, 4) is 61.3 Å². The molecule has 84 heavy (non-hydrogen) atoms. The van der Waals surface area contributed by atoms with E-state index in [1.165, 1.54) is 60.7 Å². The first-order chi connectivity index (χ1) is 41.6.